The van der Waals surface area contributed by atoms with E-state index in [9.17, 15) is 5.11 Å². The summed E-state index contributed by atoms with van der Waals surface area (Å²) in [7, 11) is 0. The molecule has 114 valence electrons. The highest BCUT2D eigenvalue weighted by Gasteiger charge is 2.06. The van der Waals surface area contributed by atoms with Crippen molar-refractivity contribution in [3.8, 4) is 11.3 Å². The van der Waals surface area contributed by atoms with E-state index >= 15 is 0 Å². The Kier molecular flexibility index (Phi) is 5.20. The van der Waals surface area contributed by atoms with E-state index in [-0.39, 0.29) is 6.61 Å². The van der Waals surface area contributed by atoms with Crippen LogP contribution in [0, 0.1) is 3.57 Å². The summed E-state index contributed by atoms with van der Waals surface area (Å²) in [4.78, 5) is 4.57. The second kappa shape index (κ2) is 7.53. The maximum absolute atomic E-state index is 9.35. The van der Waals surface area contributed by atoms with E-state index in [0.717, 1.165) is 28.0 Å². The molecule has 3 rings (SSSR count). The van der Waals surface area contributed by atoms with Crippen molar-refractivity contribution in [3.05, 3.63) is 93.7 Å². The van der Waals surface area contributed by atoms with Gasteiger partial charge in [-0.1, -0.05) is 54.6 Å². The highest BCUT2D eigenvalue weighted by atomic mass is 127. The number of hydrogen-bond donors (Lipinski definition) is 1. The third-order valence-electron chi connectivity index (χ3n) is 3.59. The van der Waals surface area contributed by atoms with Crippen LogP contribution in [0.2, 0.25) is 0 Å². The fourth-order valence-corrected chi connectivity index (χ4v) is 2.82. The van der Waals surface area contributed by atoms with Crippen molar-refractivity contribution in [3.63, 3.8) is 0 Å². The first kappa shape index (κ1) is 15.9. The fourth-order valence-electron chi connectivity index (χ4n) is 2.46. The highest BCUT2D eigenvalue weighted by Crippen LogP contribution is 2.25. The van der Waals surface area contributed by atoms with Crippen molar-refractivity contribution >= 4 is 28.2 Å². The van der Waals surface area contributed by atoms with Gasteiger partial charge in [0.05, 0.1) is 12.3 Å². The van der Waals surface area contributed by atoms with Crippen LogP contribution < -0.4 is 0 Å². The summed E-state index contributed by atoms with van der Waals surface area (Å²) in [6.45, 7) is 0.00174. The van der Waals surface area contributed by atoms with Gasteiger partial charge in [-0.2, -0.15) is 0 Å². The molecule has 0 aliphatic rings. The standard InChI is InChI=1S/C20H16INO/c21-18-9-6-15(7-10-18)19(12-13-23)17-8-11-20(22-14-17)16-4-2-1-3-5-16/h1-12,14,23H,13H2. The number of pyridine rings is 1. The molecule has 0 radical (unpaired) electrons. The molecule has 0 spiro atoms. The Hall–Kier alpha value is -1.98. The Morgan fingerprint density at radius 1 is 0.913 bits per heavy atom. The molecule has 2 nitrogen and oxygen atoms in total. The Morgan fingerprint density at radius 3 is 2.22 bits per heavy atom. The van der Waals surface area contributed by atoms with Gasteiger partial charge in [0.2, 0.25) is 0 Å². The van der Waals surface area contributed by atoms with Crippen LogP contribution >= 0.6 is 22.6 Å². The van der Waals surface area contributed by atoms with Gasteiger partial charge < -0.3 is 5.11 Å². The van der Waals surface area contributed by atoms with Gasteiger partial charge in [-0.15, -0.1) is 0 Å². The molecule has 2 aromatic carbocycles. The molecule has 1 aromatic heterocycles. The third-order valence-corrected chi connectivity index (χ3v) is 4.31. The van der Waals surface area contributed by atoms with Gasteiger partial charge in [-0.25, -0.2) is 0 Å². The Bertz CT molecular complexity index is 793. The molecule has 0 bridgehead atoms. The van der Waals surface area contributed by atoms with Crippen molar-refractivity contribution in [1.82, 2.24) is 4.98 Å². The molecule has 3 heteroatoms. The monoisotopic (exact) mass is 413 g/mol. The van der Waals surface area contributed by atoms with E-state index in [4.69, 9.17) is 0 Å². The first-order chi connectivity index (χ1) is 11.3. The second-order valence-electron chi connectivity index (χ2n) is 5.11. The Morgan fingerprint density at radius 2 is 1.61 bits per heavy atom. The van der Waals surface area contributed by atoms with Gasteiger partial charge in [0.1, 0.15) is 0 Å². The predicted molar refractivity (Wildman–Crippen MR) is 103 cm³/mol. The zero-order chi connectivity index (χ0) is 16.1. The minimum Gasteiger partial charge on any atom is -0.392 e. The zero-order valence-corrected chi connectivity index (χ0v) is 14.6. The van der Waals surface area contributed by atoms with Crippen molar-refractivity contribution in [2.45, 2.75) is 0 Å². The second-order valence-corrected chi connectivity index (χ2v) is 6.35. The SMILES string of the molecule is OCC=C(c1ccc(I)cc1)c1ccc(-c2ccccc2)nc1. The van der Waals surface area contributed by atoms with Gasteiger partial charge in [-0.05, 0) is 51.9 Å². The molecule has 0 saturated carbocycles. The van der Waals surface area contributed by atoms with Crippen LogP contribution in [-0.4, -0.2) is 16.7 Å². The van der Waals surface area contributed by atoms with Crippen molar-refractivity contribution in [2.24, 2.45) is 0 Å². The van der Waals surface area contributed by atoms with E-state index in [2.05, 4.69) is 57.9 Å². The summed E-state index contributed by atoms with van der Waals surface area (Å²) in [6.07, 6.45) is 3.68. The normalized spacial score (nSPS) is 11.5. The maximum Gasteiger partial charge on any atom is 0.0702 e. The molecular weight excluding hydrogens is 397 g/mol. The van der Waals surface area contributed by atoms with Crippen LogP contribution in [0.25, 0.3) is 16.8 Å². The van der Waals surface area contributed by atoms with Gasteiger partial charge >= 0.3 is 0 Å². The lowest BCUT2D eigenvalue weighted by Gasteiger charge is -2.09. The quantitative estimate of drug-likeness (QED) is 0.625. The highest BCUT2D eigenvalue weighted by molar-refractivity contribution is 14.1. The maximum atomic E-state index is 9.35. The number of aromatic nitrogens is 1. The molecule has 0 fully saturated rings. The summed E-state index contributed by atoms with van der Waals surface area (Å²) < 4.78 is 1.19. The average Bonchev–Trinajstić information content (AvgIpc) is 2.62. The number of rotatable bonds is 4. The van der Waals surface area contributed by atoms with E-state index in [0.29, 0.717) is 0 Å². The molecule has 0 saturated heterocycles. The molecule has 0 unspecified atom stereocenters. The number of aliphatic hydroxyl groups excluding tert-OH is 1. The molecule has 3 aromatic rings. The largest absolute Gasteiger partial charge is 0.392 e. The van der Waals surface area contributed by atoms with Crippen LogP contribution in [0.15, 0.2) is 79.0 Å². The Labute approximate surface area is 149 Å². The molecule has 23 heavy (non-hydrogen) atoms. The molecule has 0 amide bonds. The molecule has 0 atom stereocenters. The Balaban J connectivity index is 1.95. The summed E-state index contributed by atoms with van der Waals surface area (Å²) >= 11 is 2.29. The van der Waals surface area contributed by atoms with Gasteiger partial charge in [-0.3, -0.25) is 4.98 Å². The first-order valence-corrected chi connectivity index (χ1v) is 8.44. The van der Waals surface area contributed by atoms with Crippen LogP contribution in [0.1, 0.15) is 11.1 Å². The number of hydrogen-bond acceptors (Lipinski definition) is 2. The summed E-state index contributed by atoms with van der Waals surface area (Å²) in [5, 5.41) is 9.35. The van der Waals surface area contributed by atoms with Crippen molar-refractivity contribution < 1.29 is 5.11 Å². The zero-order valence-electron chi connectivity index (χ0n) is 12.5. The van der Waals surface area contributed by atoms with Crippen LogP contribution in [0.5, 0.6) is 0 Å². The topological polar surface area (TPSA) is 33.1 Å². The smallest absolute Gasteiger partial charge is 0.0702 e. The lowest BCUT2D eigenvalue weighted by Crippen LogP contribution is -1.93. The van der Waals surface area contributed by atoms with Gasteiger partial charge in [0.15, 0.2) is 0 Å². The first-order valence-electron chi connectivity index (χ1n) is 7.37. The average molecular weight is 413 g/mol. The molecular formula is C20H16INO. The fraction of sp³-hybridized carbons (Fsp3) is 0.0500. The van der Waals surface area contributed by atoms with Gasteiger partial charge in [0, 0.05) is 20.9 Å². The number of halogens is 1. The summed E-state index contributed by atoms with van der Waals surface area (Å²) in [6, 6.07) is 22.4. The van der Waals surface area contributed by atoms with Crippen molar-refractivity contribution in [2.75, 3.05) is 6.61 Å². The predicted octanol–water partition coefficient (Wildman–Crippen LogP) is 4.78. The van der Waals surface area contributed by atoms with Crippen LogP contribution in [0.4, 0.5) is 0 Å². The lowest BCUT2D eigenvalue weighted by atomic mass is 9.98. The summed E-state index contributed by atoms with van der Waals surface area (Å²) in [5.74, 6) is 0. The molecule has 0 aliphatic carbocycles. The summed E-state index contributed by atoms with van der Waals surface area (Å²) in [5.41, 5.74) is 5.12. The molecule has 1 heterocycles. The van der Waals surface area contributed by atoms with E-state index in [1.54, 1.807) is 0 Å². The van der Waals surface area contributed by atoms with Crippen LogP contribution in [-0.2, 0) is 0 Å². The third kappa shape index (κ3) is 3.86. The van der Waals surface area contributed by atoms with E-state index < -0.39 is 0 Å². The minimum atomic E-state index is 0.00174. The van der Waals surface area contributed by atoms with Crippen LogP contribution in [0.3, 0.4) is 0 Å². The lowest BCUT2D eigenvalue weighted by molar-refractivity contribution is 0.343. The van der Waals surface area contributed by atoms with E-state index in [1.807, 2.05) is 48.7 Å². The van der Waals surface area contributed by atoms with E-state index in [1.165, 1.54) is 3.57 Å². The van der Waals surface area contributed by atoms with Gasteiger partial charge in [0.25, 0.3) is 0 Å². The molecule has 0 aliphatic heterocycles. The molecule has 1 N–H and O–H groups in total. The van der Waals surface area contributed by atoms with Crippen molar-refractivity contribution in [1.29, 1.82) is 0 Å². The minimum absolute atomic E-state index is 0.00174. The number of benzene rings is 2. The number of aliphatic hydroxyl groups is 1. The number of nitrogens with zero attached hydrogens (tertiary/aromatic N) is 1.